The molecule has 5 amide bonds. The summed E-state index contributed by atoms with van der Waals surface area (Å²) < 4.78 is 0. The lowest BCUT2D eigenvalue weighted by Gasteiger charge is -2.28. The van der Waals surface area contributed by atoms with Crippen LogP contribution in [0, 0.1) is 23.2 Å². The number of carbonyl (C=O) groups is 4. The van der Waals surface area contributed by atoms with Gasteiger partial charge in [-0.25, -0.2) is 9.69 Å². The number of carbonyl (C=O) groups excluding carboxylic acids is 4. The first-order chi connectivity index (χ1) is 10.5. The molecular formula is C15H22N4O4. The number of nitrogens with one attached hydrogen (secondary N) is 1. The number of hydrogen-bond acceptors (Lipinski definition) is 5. The maximum Gasteiger partial charge on any atom is 0.334 e. The summed E-state index contributed by atoms with van der Waals surface area (Å²) in [5.41, 5.74) is -1.12. The topological polar surface area (TPSA) is 111 Å². The number of nitriles is 1. The highest BCUT2D eigenvalue weighted by Crippen LogP contribution is 2.17. The number of rotatable bonds is 6. The van der Waals surface area contributed by atoms with Gasteiger partial charge in [0.05, 0.1) is 6.07 Å². The molecule has 0 aromatic heterocycles. The molecule has 0 aromatic carbocycles. The summed E-state index contributed by atoms with van der Waals surface area (Å²) >= 11 is 0. The average Bonchev–Trinajstić information content (AvgIpc) is 2.64. The molecule has 1 N–H and O–H groups in total. The van der Waals surface area contributed by atoms with Crippen molar-refractivity contribution >= 4 is 23.8 Å². The molecule has 0 saturated carbocycles. The lowest BCUT2D eigenvalue weighted by atomic mass is 9.90. The number of nitrogens with zero attached hydrogens (tertiary/aromatic N) is 3. The van der Waals surface area contributed by atoms with Crippen LogP contribution in [0.15, 0.2) is 0 Å². The Balaban J connectivity index is 2.83. The van der Waals surface area contributed by atoms with Gasteiger partial charge in [0.15, 0.2) is 0 Å². The molecule has 1 aliphatic rings. The zero-order chi connectivity index (χ0) is 17.9. The van der Waals surface area contributed by atoms with Crippen LogP contribution in [0.5, 0.6) is 0 Å². The van der Waals surface area contributed by atoms with Crippen LogP contribution in [-0.4, -0.2) is 52.2 Å². The van der Waals surface area contributed by atoms with Crippen molar-refractivity contribution in [3.63, 3.8) is 0 Å². The number of urea groups is 1. The second kappa shape index (κ2) is 6.77. The predicted octanol–water partition coefficient (Wildman–Crippen LogP) is 0.488. The van der Waals surface area contributed by atoms with Gasteiger partial charge in [0.25, 0.3) is 0 Å². The third kappa shape index (κ3) is 3.86. The lowest BCUT2D eigenvalue weighted by Crippen LogP contribution is -2.52. The third-order valence-electron chi connectivity index (χ3n) is 3.77. The number of imide groups is 2. The first-order valence-electron chi connectivity index (χ1n) is 7.43. The Morgan fingerprint density at radius 2 is 1.70 bits per heavy atom. The minimum atomic E-state index is -1.12. The molecule has 8 nitrogen and oxygen atoms in total. The molecule has 0 radical (unpaired) electrons. The van der Waals surface area contributed by atoms with Crippen molar-refractivity contribution in [2.75, 3.05) is 13.1 Å². The Hall–Kier alpha value is -2.43. The highest BCUT2D eigenvalue weighted by Gasteiger charge is 2.45. The van der Waals surface area contributed by atoms with E-state index in [1.54, 1.807) is 34.6 Å². The van der Waals surface area contributed by atoms with Crippen molar-refractivity contribution in [2.24, 2.45) is 11.8 Å². The van der Waals surface area contributed by atoms with Crippen molar-refractivity contribution in [2.45, 2.75) is 40.2 Å². The van der Waals surface area contributed by atoms with E-state index in [1.165, 1.54) is 0 Å². The van der Waals surface area contributed by atoms with Crippen molar-refractivity contribution in [3.05, 3.63) is 0 Å². The molecular weight excluding hydrogens is 300 g/mol. The van der Waals surface area contributed by atoms with E-state index in [2.05, 4.69) is 5.32 Å². The summed E-state index contributed by atoms with van der Waals surface area (Å²) in [6, 6.07) is 1.20. The molecule has 1 atom stereocenters. The standard InChI is InChI=1S/C15H22N4O4/c1-9(2)6-18-12(21)13(22)19(14(18)23)7-11(20)17-15(5,8-16)10(3)4/h9-10H,6-7H2,1-5H3,(H,17,20)/t15-/m0/s1. The minimum Gasteiger partial charge on any atom is -0.336 e. The van der Waals surface area contributed by atoms with E-state index in [-0.39, 0.29) is 18.4 Å². The second-order valence-corrected chi connectivity index (χ2v) is 6.50. The Bertz CT molecular complexity index is 579. The molecule has 0 unspecified atom stereocenters. The van der Waals surface area contributed by atoms with Crippen LogP contribution in [0.2, 0.25) is 0 Å². The molecule has 126 valence electrons. The molecule has 0 bridgehead atoms. The molecule has 1 heterocycles. The summed E-state index contributed by atoms with van der Waals surface area (Å²) in [7, 11) is 0. The summed E-state index contributed by atoms with van der Waals surface area (Å²) in [6.07, 6.45) is 0. The van der Waals surface area contributed by atoms with Crippen LogP contribution in [-0.2, 0) is 14.4 Å². The zero-order valence-corrected chi connectivity index (χ0v) is 14.0. The zero-order valence-electron chi connectivity index (χ0n) is 14.0. The monoisotopic (exact) mass is 322 g/mol. The molecule has 0 aliphatic carbocycles. The Labute approximate surface area is 135 Å². The Morgan fingerprint density at radius 1 is 1.17 bits per heavy atom. The maximum absolute atomic E-state index is 12.1. The molecule has 1 aliphatic heterocycles. The van der Waals surface area contributed by atoms with E-state index in [4.69, 9.17) is 0 Å². The molecule has 23 heavy (non-hydrogen) atoms. The maximum atomic E-state index is 12.1. The molecule has 1 saturated heterocycles. The molecule has 1 fully saturated rings. The number of amides is 5. The van der Waals surface area contributed by atoms with E-state index >= 15 is 0 Å². The van der Waals surface area contributed by atoms with Gasteiger partial charge >= 0.3 is 17.8 Å². The van der Waals surface area contributed by atoms with Crippen LogP contribution < -0.4 is 5.32 Å². The van der Waals surface area contributed by atoms with Gasteiger partial charge in [0, 0.05) is 6.54 Å². The fourth-order valence-corrected chi connectivity index (χ4v) is 1.99. The van der Waals surface area contributed by atoms with E-state index in [0.29, 0.717) is 4.90 Å². The third-order valence-corrected chi connectivity index (χ3v) is 3.77. The number of hydrogen-bond donors (Lipinski definition) is 1. The van der Waals surface area contributed by atoms with Gasteiger partial charge in [-0.3, -0.25) is 19.3 Å². The van der Waals surface area contributed by atoms with Gasteiger partial charge in [0.1, 0.15) is 12.1 Å². The van der Waals surface area contributed by atoms with Gasteiger partial charge < -0.3 is 5.32 Å². The lowest BCUT2D eigenvalue weighted by molar-refractivity contribution is -0.144. The first kappa shape index (κ1) is 18.6. The SMILES string of the molecule is CC(C)CN1C(=O)C(=O)N(CC(=O)N[C@@](C)(C#N)C(C)C)C1=O. The normalized spacial score (nSPS) is 17.7. The molecule has 1 rings (SSSR count). The Kier molecular flexibility index (Phi) is 5.48. The first-order valence-corrected chi connectivity index (χ1v) is 7.43. The quantitative estimate of drug-likeness (QED) is 0.565. The summed E-state index contributed by atoms with van der Waals surface area (Å²) in [4.78, 5) is 49.4. The van der Waals surface area contributed by atoms with Gasteiger partial charge in [-0.05, 0) is 18.8 Å². The smallest absolute Gasteiger partial charge is 0.334 e. The molecule has 8 heteroatoms. The van der Waals surface area contributed by atoms with Crippen LogP contribution >= 0.6 is 0 Å². The van der Waals surface area contributed by atoms with Crippen LogP contribution in [0.4, 0.5) is 4.79 Å². The van der Waals surface area contributed by atoms with E-state index in [0.717, 1.165) is 4.90 Å². The molecule has 0 spiro atoms. The van der Waals surface area contributed by atoms with Gasteiger partial charge in [0.2, 0.25) is 5.91 Å². The van der Waals surface area contributed by atoms with Crippen molar-refractivity contribution < 1.29 is 19.2 Å². The second-order valence-electron chi connectivity index (χ2n) is 6.50. The average molecular weight is 322 g/mol. The fraction of sp³-hybridized carbons (Fsp3) is 0.667. The van der Waals surface area contributed by atoms with Gasteiger partial charge in [-0.2, -0.15) is 5.26 Å². The minimum absolute atomic E-state index is 0.00676. The van der Waals surface area contributed by atoms with Crippen molar-refractivity contribution in [3.8, 4) is 6.07 Å². The highest BCUT2D eigenvalue weighted by atomic mass is 16.2. The van der Waals surface area contributed by atoms with Crippen molar-refractivity contribution in [1.82, 2.24) is 15.1 Å². The van der Waals surface area contributed by atoms with Crippen LogP contribution in [0.1, 0.15) is 34.6 Å². The van der Waals surface area contributed by atoms with Gasteiger partial charge in [-0.1, -0.05) is 27.7 Å². The summed E-state index contributed by atoms with van der Waals surface area (Å²) in [5.74, 6) is -2.77. The molecule has 0 aromatic rings. The van der Waals surface area contributed by atoms with Crippen molar-refractivity contribution in [1.29, 1.82) is 5.26 Å². The fourth-order valence-electron chi connectivity index (χ4n) is 1.99. The summed E-state index contributed by atoms with van der Waals surface area (Å²) in [6.45, 7) is 8.24. The predicted molar refractivity (Wildman–Crippen MR) is 80.7 cm³/mol. The van der Waals surface area contributed by atoms with Gasteiger partial charge in [-0.15, -0.1) is 0 Å². The largest absolute Gasteiger partial charge is 0.336 e. The van der Waals surface area contributed by atoms with Crippen LogP contribution in [0.3, 0.4) is 0 Å². The van der Waals surface area contributed by atoms with E-state index in [9.17, 15) is 24.4 Å². The van der Waals surface area contributed by atoms with Crippen LogP contribution in [0.25, 0.3) is 0 Å². The van der Waals surface area contributed by atoms with E-state index < -0.39 is 35.8 Å². The highest BCUT2D eigenvalue weighted by molar-refractivity contribution is 6.45. The van der Waals surface area contributed by atoms with E-state index in [1.807, 2.05) is 6.07 Å². The summed E-state index contributed by atoms with van der Waals surface area (Å²) in [5, 5.41) is 11.7. The Morgan fingerprint density at radius 3 is 2.13 bits per heavy atom.